The standard InChI is InChI=1S/C20H17N5O2S/c1-27-18-10-7-16(8-11-18)21-19(26)13-28-20-22-23-24-25(20)17-9-6-14-4-2-3-5-15(14)12-17/h2-12H,13H2,1H3,(H,21,26). The number of nitrogens with zero attached hydrogens (tertiary/aromatic N) is 4. The molecule has 0 aliphatic carbocycles. The molecule has 0 saturated heterocycles. The highest BCUT2D eigenvalue weighted by molar-refractivity contribution is 7.99. The molecule has 0 saturated carbocycles. The lowest BCUT2D eigenvalue weighted by Gasteiger charge is -2.07. The summed E-state index contributed by atoms with van der Waals surface area (Å²) >= 11 is 1.28. The first kappa shape index (κ1) is 18.0. The predicted octanol–water partition coefficient (Wildman–Crippen LogP) is 3.55. The number of amides is 1. The van der Waals surface area contributed by atoms with Crippen LogP contribution in [-0.2, 0) is 4.79 Å². The fraction of sp³-hybridized carbons (Fsp3) is 0.100. The molecule has 0 aliphatic heterocycles. The van der Waals surface area contributed by atoms with E-state index in [0.717, 1.165) is 22.2 Å². The molecular weight excluding hydrogens is 374 g/mol. The Kier molecular flexibility index (Phi) is 5.20. The van der Waals surface area contributed by atoms with Crippen molar-refractivity contribution in [2.75, 3.05) is 18.2 Å². The number of ether oxygens (including phenoxy) is 1. The largest absolute Gasteiger partial charge is 0.497 e. The molecule has 140 valence electrons. The Labute approximate surface area is 165 Å². The quantitative estimate of drug-likeness (QED) is 0.506. The fourth-order valence-electron chi connectivity index (χ4n) is 2.74. The summed E-state index contributed by atoms with van der Waals surface area (Å²) in [5.41, 5.74) is 1.56. The second-order valence-corrected chi connectivity index (χ2v) is 6.91. The minimum absolute atomic E-state index is 0.136. The van der Waals surface area contributed by atoms with Crippen LogP contribution in [0.3, 0.4) is 0 Å². The molecule has 1 amide bonds. The van der Waals surface area contributed by atoms with Gasteiger partial charge in [-0.25, -0.2) is 0 Å². The lowest BCUT2D eigenvalue weighted by Crippen LogP contribution is -2.14. The van der Waals surface area contributed by atoms with E-state index in [1.54, 1.807) is 36.1 Å². The van der Waals surface area contributed by atoms with Gasteiger partial charge in [-0.1, -0.05) is 42.1 Å². The van der Waals surface area contributed by atoms with Gasteiger partial charge in [0.25, 0.3) is 0 Å². The molecule has 0 fully saturated rings. The summed E-state index contributed by atoms with van der Waals surface area (Å²) in [4.78, 5) is 12.2. The van der Waals surface area contributed by atoms with Gasteiger partial charge in [0.15, 0.2) is 0 Å². The molecule has 0 radical (unpaired) electrons. The van der Waals surface area contributed by atoms with Gasteiger partial charge in [-0.15, -0.1) is 5.10 Å². The monoisotopic (exact) mass is 391 g/mol. The van der Waals surface area contributed by atoms with Crippen molar-refractivity contribution in [1.82, 2.24) is 20.2 Å². The Morgan fingerprint density at radius 3 is 2.64 bits per heavy atom. The minimum Gasteiger partial charge on any atom is -0.497 e. The number of hydrogen-bond acceptors (Lipinski definition) is 6. The van der Waals surface area contributed by atoms with Gasteiger partial charge in [0.2, 0.25) is 11.1 Å². The van der Waals surface area contributed by atoms with Gasteiger partial charge in [0.05, 0.1) is 18.6 Å². The van der Waals surface area contributed by atoms with E-state index in [1.807, 2.05) is 36.4 Å². The molecule has 7 nitrogen and oxygen atoms in total. The zero-order valence-electron chi connectivity index (χ0n) is 15.1. The Balaban J connectivity index is 1.44. The van der Waals surface area contributed by atoms with E-state index in [-0.39, 0.29) is 11.7 Å². The van der Waals surface area contributed by atoms with Crippen molar-refractivity contribution in [2.24, 2.45) is 0 Å². The summed E-state index contributed by atoms with van der Waals surface area (Å²) in [6.45, 7) is 0. The average molecular weight is 391 g/mol. The molecule has 3 aromatic carbocycles. The van der Waals surface area contributed by atoms with E-state index in [1.165, 1.54) is 11.8 Å². The number of rotatable bonds is 6. The molecule has 4 aromatic rings. The lowest BCUT2D eigenvalue weighted by atomic mass is 10.1. The van der Waals surface area contributed by atoms with Crippen LogP contribution in [0.2, 0.25) is 0 Å². The number of benzene rings is 3. The van der Waals surface area contributed by atoms with Crippen molar-refractivity contribution in [3.63, 3.8) is 0 Å². The van der Waals surface area contributed by atoms with Crippen LogP contribution in [-0.4, -0.2) is 39.0 Å². The van der Waals surface area contributed by atoms with Gasteiger partial charge < -0.3 is 10.1 Å². The van der Waals surface area contributed by atoms with Crippen LogP contribution in [0.4, 0.5) is 5.69 Å². The van der Waals surface area contributed by atoms with Crippen molar-refractivity contribution < 1.29 is 9.53 Å². The van der Waals surface area contributed by atoms with E-state index < -0.39 is 0 Å². The number of thioether (sulfide) groups is 1. The molecule has 1 aromatic heterocycles. The summed E-state index contributed by atoms with van der Waals surface area (Å²) < 4.78 is 6.75. The smallest absolute Gasteiger partial charge is 0.234 e. The predicted molar refractivity (Wildman–Crippen MR) is 109 cm³/mol. The first-order valence-corrected chi connectivity index (χ1v) is 9.56. The number of carbonyl (C=O) groups is 1. The number of aromatic nitrogens is 4. The zero-order valence-corrected chi connectivity index (χ0v) is 15.9. The van der Waals surface area contributed by atoms with Crippen LogP contribution in [0.5, 0.6) is 5.75 Å². The Morgan fingerprint density at radius 2 is 1.86 bits per heavy atom. The molecule has 8 heteroatoms. The zero-order chi connectivity index (χ0) is 19.3. The van der Waals surface area contributed by atoms with Crippen LogP contribution in [0.25, 0.3) is 16.5 Å². The first-order chi connectivity index (χ1) is 13.7. The van der Waals surface area contributed by atoms with E-state index in [2.05, 4.69) is 26.9 Å². The Morgan fingerprint density at radius 1 is 1.07 bits per heavy atom. The third-order valence-electron chi connectivity index (χ3n) is 4.12. The molecule has 0 unspecified atom stereocenters. The average Bonchev–Trinajstić information content (AvgIpc) is 3.21. The summed E-state index contributed by atoms with van der Waals surface area (Å²) in [6, 6.07) is 21.3. The van der Waals surface area contributed by atoms with E-state index in [4.69, 9.17) is 4.74 Å². The van der Waals surface area contributed by atoms with Crippen LogP contribution in [0.1, 0.15) is 0 Å². The van der Waals surface area contributed by atoms with E-state index in [0.29, 0.717) is 10.8 Å². The Hall–Kier alpha value is -3.39. The number of carbonyl (C=O) groups excluding carboxylic acids is 1. The third-order valence-corrected chi connectivity index (χ3v) is 5.04. The topological polar surface area (TPSA) is 81.9 Å². The first-order valence-electron chi connectivity index (χ1n) is 8.57. The highest BCUT2D eigenvalue weighted by Crippen LogP contribution is 2.22. The summed E-state index contributed by atoms with van der Waals surface area (Å²) in [5, 5.41) is 17.5. The molecule has 0 atom stereocenters. The number of fused-ring (bicyclic) bond motifs is 1. The molecule has 0 aliphatic rings. The summed E-state index contributed by atoms with van der Waals surface area (Å²) in [7, 11) is 1.60. The number of anilines is 1. The maximum atomic E-state index is 12.2. The van der Waals surface area contributed by atoms with Gasteiger partial charge in [0.1, 0.15) is 5.75 Å². The van der Waals surface area contributed by atoms with Gasteiger partial charge in [-0.05, 0) is 57.6 Å². The Bertz CT molecular complexity index is 1110. The van der Waals surface area contributed by atoms with Crippen molar-refractivity contribution in [3.8, 4) is 11.4 Å². The summed E-state index contributed by atoms with van der Waals surface area (Å²) in [5.74, 6) is 0.796. The summed E-state index contributed by atoms with van der Waals surface area (Å²) in [6.07, 6.45) is 0. The molecular formula is C20H17N5O2S. The van der Waals surface area contributed by atoms with Crippen molar-refractivity contribution in [2.45, 2.75) is 5.16 Å². The second-order valence-electron chi connectivity index (χ2n) is 5.97. The molecule has 0 bridgehead atoms. The SMILES string of the molecule is COc1ccc(NC(=O)CSc2nnnn2-c2ccc3ccccc3c2)cc1. The highest BCUT2D eigenvalue weighted by Gasteiger charge is 2.12. The van der Waals surface area contributed by atoms with Gasteiger partial charge >= 0.3 is 0 Å². The third kappa shape index (κ3) is 3.96. The number of methoxy groups -OCH3 is 1. The molecule has 28 heavy (non-hydrogen) atoms. The van der Waals surface area contributed by atoms with E-state index in [9.17, 15) is 4.79 Å². The van der Waals surface area contributed by atoms with Crippen LogP contribution < -0.4 is 10.1 Å². The maximum Gasteiger partial charge on any atom is 0.234 e. The van der Waals surface area contributed by atoms with Gasteiger partial charge in [-0.2, -0.15) is 4.68 Å². The van der Waals surface area contributed by atoms with Crippen LogP contribution in [0, 0.1) is 0 Å². The molecule has 0 spiro atoms. The number of hydrogen-bond donors (Lipinski definition) is 1. The van der Waals surface area contributed by atoms with Crippen molar-refractivity contribution in [3.05, 3.63) is 66.7 Å². The maximum absolute atomic E-state index is 12.2. The van der Waals surface area contributed by atoms with E-state index >= 15 is 0 Å². The van der Waals surface area contributed by atoms with Crippen molar-refractivity contribution >= 4 is 34.1 Å². The second kappa shape index (κ2) is 8.10. The molecule has 4 rings (SSSR count). The van der Waals surface area contributed by atoms with Gasteiger partial charge in [-0.3, -0.25) is 4.79 Å². The molecule has 1 heterocycles. The minimum atomic E-state index is -0.136. The number of nitrogens with one attached hydrogen (secondary N) is 1. The van der Waals surface area contributed by atoms with Gasteiger partial charge in [0, 0.05) is 5.69 Å². The number of tetrazole rings is 1. The molecule has 1 N–H and O–H groups in total. The van der Waals surface area contributed by atoms with Crippen LogP contribution >= 0.6 is 11.8 Å². The highest BCUT2D eigenvalue weighted by atomic mass is 32.2. The van der Waals surface area contributed by atoms with Crippen molar-refractivity contribution in [1.29, 1.82) is 0 Å². The normalized spacial score (nSPS) is 10.8. The van der Waals surface area contributed by atoms with Crippen LogP contribution in [0.15, 0.2) is 71.9 Å². The lowest BCUT2D eigenvalue weighted by molar-refractivity contribution is -0.113. The fourth-order valence-corrected chi connectivity index (χ4v) is 3.43.